The predicted molar refractivity (Wildman–Crippen MR) is 137 cm³/mol. The number of carbonyl (C=O) groups excluding carboxylic acids is 1. The van der Waals surface area contributed by atoms with Gasteiger partial charge in [0, 0.05) is 18.7 Å². The Hall–Kier alpha value is -0.350. The minimum atomic E-state index is 0. The number of unbranched alkanes of at least 4 members (excludes halogenated alkanes) is 13. The minimum absolute atomic E-state index is 0. The topological polar surface area (TPSA) is 32.3 Å². The van der Waals surface area contributed by atoms with Gasteiger partial charge in [-0.05, 0) is 33.9 Å². The molecule has 3 nitrogen and oxygen atoms in total. The Morgan fingerprint density at radius 3 is 1.34 bits per heavy atom. The van der Waals surface area contributed by atoms with Crippen molar-refractivity contribution in [3.63, 3.8) is 0 Å². The van der Waals surface area contributed by atoms with Gasteiger partial charge in [-0.1, -0.05) is 104 Å². The third-order valence-corrected chi connectivity index (χ3v) is 4.93. The number of carbonyl (C=O) groups is 1. The molecule has 0 radical (unpaired) electrons. The molecule has 0 aromatic carbocycles. The number of halogens is 1. The van der Waals surface area contributed by atoms with Crippen LogP contribution >= 0.6 is 17.0 Å². The summed E-state index contributed by atoms with van der Waals surface area (Å²) >= 11 is 0. The predicted octanol–water partition coefficient (Wildman–Crippen LogP) is 7.70. The summed E-state index contributed by atoms with van der Waals surface area (Å²) in [5.74, 6) is 0.136. The smallest absolute Gasteiger partial charge is 0.248 e. The van der Waals surface area contributed by atoms with Crippen LogP contribution in [0, 0.1) is 0 Å². The van der Waals surface area contributed by atoms with Gasteiger partial charge in [0.25, 0.3) is 0 Å². The fraction of sp³-hybridized carbons (Fsp3) is 0.880. The first-order chi connectivity index (χ1) is 13.5. The van der Waals surface area contributed by atoms with E-state index in [-0.39, 0.29) is 22.9 Å². The molecule has 0 aliphatic carbocycles. The summed E-state index contributed by atoms with van der Waals surface area (Å²) in [6.07, 6.45) is 20.3. The molecular weight excluding hydrogens is 424 g/mol. The zero-order valence-corrected chi connectivity index (χ0v) is 22.2. The van der Waals surface area contributed by atoms with E-state index in [1.807, 2.05) is 25.9 Å². The van der Waals surface area contributed by atoms with Crippen molar-refractivity contribution in [2.45, 2.75) is 117 Å². The molecule has 1 N–H and O–H groups in total. The summed E-state index contributed by atoms with van der Waals surface area (Å²) in [4.78, 5) is 14.0. The first-order valence-electron chi connectivity index (χ1n) is 12.1. The van der Waals surface area contributed by atoms with E-state index < -0.39 is 0 Å². The maximum atomic E-state index is 12.0. The number of rotatable bonds is 18. The average Bonchev–Trinajstić information content (AvgIpc) is 2.67. The number of hydrogen-bond donors (Lipinski definition) is 1. The Morgan fingerprint density at radius 1 is 0.690 bits per heavy atom. The molecule has 29 heavy (non-hydrogen) atoms. The van der Waals surface area contributed by atoms with Crippen LogP contribution in [-0.2, 0) is 4.79 Å². The molecule has 0 aromatic rings. The van der Waals surface area contributed by atoms with Gasteiger partial charge in [-0.2, -0.15) is 0 Å². The third-order valence-electron chi connectivity index (χ3n) is 4.93. The van der Waals surface area contributed by atoms with Crippen LogP contribution in [0.1, 0.15) is 117 Å². The summed E-state index contributed by atoms with van der Waals surface area (Å²) in [6.45, 7) is 11.8. The van der Waals surface area contributed by atoms with Crippen molar-refractivity contribution in [1.29, 1.82) is 0 Å². The van der Waals surface area contributed by atoms with E-state index in [4.69, 9.17) is 0 Å². The van der Waals surface area contributed by atoms with Gasteiger partial charge in [0.05, 0.1) is 0 Å². The molecule has 0 heterocycles. The average molecular weight is 478 g/mol. The zero-order valence-electron chi connectivity index (χ0n) is 20.5. The lowest BCUT2D eigenvalue weighted by molar-refractivity contribution is -0.127. The van der Waals surface area contributed by atoms with E-state index in [0.717, 1.165) is 25.9 Å². The van der Waals surface area contributed by atoms with Gasteiger partial charge in [-0.25, -0.2) is 0 Å². The minimum Gasteiger partial charge on any atom is -0.339 e. The monoisotopic (exact) mass is 476 g/mol. The summed E-state index contributed by atoms with van der Waals surface area (Å²) in [6, 6.07) is 0. The largest absolute Gasteiger partial charge is 0.339 e. The molecule has 0 spiro atoms. The summed E-state index contributed by atoms with van der Waals surface area (Å²) in [5, 5.41) is 2.75. The lowest BCUT2D eigenvalue weighted by atomic mass is 10.0. The molecule has 0 aliphatic heterocycles. The fourth-order valence-electron chi connectivity index (χ4n) is 3.35. The van der Waals surface area contributed by atoms with E-state index in [1.165, 1.54) is 83.5 Å². The fourth-order valence-corrected chi connectivity index (χ4v) is 3.35. The maximum Gasteiger partial charge on any atom is 0.248 e. The Kier molecular flexibility index (Phi) is 31.7. The van der Waals surface area contributed by atoms with E-state index in [2.05, 4.69) is 25.7 Å². The summed E-state index contributed by atoms with van der Waals surface area (Å²) < 4.78 is 0. The molecule has 0 bridgehead atoms. The van der Waals surface area contributed by atoms with E-state index in [0.29, 0.717) is 5.57 Å². The Balaban J connectivity index is -0.00000158. The second-order valence-electron chi connectivity index (χ2n) is 8.17. The van der Waals surface area contributed by atoms with E-state index in [9.17, 15) is 4.79 Å². The van der Waals surface area contributed by atoms with Gasteiger partial charge in [0.15, 0.2) is 0 Å². The molecule has 176 valence electrons. The number of amides is 1. The molecule has 0 unspecified atom stereocenters. The molecule has 0 aromatic heterocycles. The van der Waals surface area contributed by atoms with Gasteiger partial charge in [0.1, 0.15) is 0 Å². The maximum absolute atomic E-state index is 12.0. The van der Waals surface area contributed by atoms with E-state index >= 15 is 0 Å². The van der Waals surface area contributed by atoms with Crippen LogP contribution in [0.15, 0.2) is 12.2 Å². The van der Waals surface area contributed by atoms with Gasteiger partial charge >= 0.3 is 0 Å². The highest BCUT2D eigenvalue weighted by molar-refractivity contribution is 8.93. The van der Waals surface area contributed by atoms with Crippen molar-refractivity contribution in [2.24, 2.45) is 0 Å². The van der Waals surface area contributed by atoms with Crippen molar-refractivity contribution in [3.8, 4) is 0 Å². The molecule has 0 atom stereocenters. The molecule has 0 saturated carbocycles. The first-order valence-corrected chi connectivity index (χ1v) is 12.1. The normalized spacial score (nSPS) is 9.97. The highest BCUT2D eigenvalue weighted by atomic mass is 79.9. The molecule has 0 aliphatic rings. The zero-order chi connectivity index (χ0) is 21.5. The van der Waals surface area contributed by atoms with Gasteiger partial charge in [-0.15, -0.1) is 17.0 Å². The highest BCUT2D eigenvalue weighted by Crippen LogP contribution is 2.13. The van der Waals surface area contributed by atoms with Crippen molar-refractivity contribution in [2.75, 3.05) is 27.2 Å². The van der Waals surface area contributed by atoms with Gasteiger partial charge in [-0.3, -0.25) is 4.79 Å². The van der Waals surface area contributed by atoms with Gasteiger partial charge in [0.2, 0.25) is 5.91 Å². The Morgan fingerprint density at radius 2 is 1.03 bits per heavy atom. The Bertz CT molecular complexity index is 348. The Labute approximate surface area is 194 Å². The second-order valence-corrected chi connectivity index (χ2v) is 8.17. The van der Waals surface area contributed by atoms with Crippen molar-refractivity contribution >= 4 is 22.9 Å². The summed E-state index contributed by atoms with van der Waals surface area (Å²) in [7, 11) is 3.75. The van der Waals surface area contributed by atoms with Crippen LogP contribution in [0.3, 0.4) is 0 Å². The standard InChI is InChI=1S/C23H45NO.C2H7N.BrH/c1-5-7-8-9-10-11-12-13-14-15-16-17-18-19-21-24(20-6-2)23(25)22(3)4;1-3-2;/h3,5-21H2,1-2,4H3;3H,1-2H3;1H. The molecule has 0 fully saturated rings. The SMILES string of the molecule is Br.C=C(C)C(=O)N(CCC)CCCCCCCCCCCCCCCC.CNC. The lowest BCUT2D eigenvalue weighted by Gasteiger charge is -2.22. The number of nitrogens with zero attached hydrogens (tertiary/aromatic N) is 1. The molecule has 0 saturated heterocycles. The molecule has 0 rings (SSSR count). The highest BCUT2D eigenvalue weighted by Gasteiger charge is 2.12. The van der Waals surface area contributed by atoms with Crippen molar-refractivity contribution in [3.05, 3.63) is 12.2 Å². The van der Waals surface area contributed by atoms with Crippen LogP contribution in [0.4, 0.5) is 0 Å². The van der Waals surface area contributed by atoms with Crippen molar-refractivity contribution < 1.29 is 4.79 Å². The van der Waals surface area contributed by atoms with Crippen molar-refractivity contribution in [1.82, 2.24) is 10.2 Å². The number of hydrogen-bond acceptors (Lipinski definition) is 2. The van der Waals surface area contributed by atoms with Gasteiger partial charge < -0.3 is 10.2 Å². The molecule has 4 heteroatoms. The molecule has 1 amide bonds. The lowest BCUT2D eigenvalue weighted by Crippen LogP contribution is -2.33. The quantitative estimate of drug-likeness (QED) is 0.162. The van der Waals surface area contributed by atoms with Crippen LogP contribution < -0.4 is 5.32 Å². The molecular formula is C25H53BrN2O. The number of nitrogens with one attached hydrogen (secondary N) is 1. The van der Waals surface area contributed by atoms with Crippen LogP contribution in [-0.4, -0.2) is 38.0 Å². The van der Waals surface area contributed by atoms with E-state index in [1.54, 1.807) is 0 Å². The van der Waals surface area contributed by atoms with Crippen LogP contribution in [0.5, 0.6) is 0 Å². The summed E-state index contributed by atoms with van der Waals surface area (Å²) in [5.41, 5.74) is 0.666. The van der Waals surface area contributed by atoms with Crippen LogP contribution in [0.25, 0.3) is 0 Å². The third kappa shape index (κ3) is 25.6. The first kappa shape index (κ1) is 33.3. The second kappa shape index (κ2) is 27.6. The van der Waals surface area contributed by atoms with Crippen LogP contribution in [0.2, 0.25) is 0 Å².